The molecule has 0 amide bonds. The Balaban J connectivity index is 0.00000242. The van der Waals surface area contributed by atoms with Crippen molar-refractivity contribution in [3.05, 3.63) is 16.1 Å². The molecule has 0 spiro atoms. The fourth-order valence-corrected chi connectivity index (χ4v) is 3.40. The Kier molecular flexibility index (Phi) is 7.58. The number of halogens is 1. The maximum Gasteiger partial charge on any atom is 0.193 e. The zero-order valence-corrected chi connectivity index (χ0v) is 17.5. The van der Waals surface area contributed by atoms with E-state index >= 15 is 0 Å². The highest BCUT2D eigenvalue weighted by Gasteiger charge is 2.20. The minimum Gasteiger partial charge on any atom is -0.350 e. The zero-order chi connectivity index (χ0) is 15.5. The molecule has 4 nitrogen and oxygen atoms in total. The Morgan fingerprint density at radius 1 is 1.41 bits per heavy atom. The Morgan fingerprint density at radius 2 is 2.05 bits per heavy atom. The van der Waals surface area contributed by atoms with Gasteiger partial charge in [0, 0.05) is 30.9 Å². The summed E-state index contributed by atoms with van der Waals surface area (Å²) in [6.45, 7) is 11.9. The number of nitrogens with zero attached hydrogens (tertiary/aromatic N) is 3. The van der Waals surface area contributed by atoms with Gasteiger partial charge in [-0.3, -0.25) is 4.99 Å². The number of nitrogens with one attached hydrogen (secondary N) is 1. The molecule has 2 heterocycles. The quantitative estimate of drug-likeness (QED) is 0.435. The van der Waals surface area contributed by atoms with E-state index in [0.29, 0.717) is 0 Å². The van der Waals surface area contributed by atoms with Gasteiger partial charge in [-0.15, -0.1) is 35.3 Å². The molecule has 1 saturated heterocycles. The highest BCUT2D eigenvalue weighted by atomic mass is 127. The summed E-state index contributed by atoms with van der Waals surface area (Å²) in [5.41, 5.74) is 1.30. The number of aromatic nitrogens is 1. The molecule has 0 bridgehead atoms. The van der Waals surface area contributed by atoms with Crippen LogP contribution in [0.2, 0.25) is 0 Å². The molecule has 1 aliphatic rings. The summed E-state index contributed by atoms with van der Waals surface area (Å²) in [5.74, 6) is 1.85. The van der Waals surface area contributed by atoms with E-state index in [1.165, 1.54) is 18.5 Å². The Hall–Kier alpha value is -0.370. The molecule has 1 aromatic rings. The molecule has 0 radical (unpaired) electrons. The van der Waals surface area contributed by atoms with Crippen molar-refractivity contribution in [2.45, 2.75) is 52.5 Å². The molecule has 0 aromatic carbocycles. The van der Waals surface area contributed by atoms with Crippen LogP contribution in [0.25, 0.3) is 0 Å². The summed E-state index contributed by atoms with van der Waals surface area (Å²) in [4.78, 5) is 11.5. The number of hydrogen-bond acceptors (Lipinski definition) is 3. The second-order valence-corrected chi connectivity index (χ2v) is 7.89. The number of thiazole rings is 1. The second-order valence-electron chi connectivity index (χ2n) is 6.95. The second kappa shape index (κ2) is 8.47. The average molecular weight is 436 g/mol. The van der Waals surface area contributed by atoms with Gasteiger partial charge in [0.05, 0.1) is 12.2 Å². The first-order chi connectivity index (χ1) is 9.90. The maximum atomic E-state index is 4.73. The third-order valence-electron chi connectivity index (χ3n) is 4.01. The maximum absolute atomic E-state index is 4.73. The van der Waals surface area contributed by atoms with E-state index in [1.807, 2.05) is 7.05 Å². The first-order valence-electron chi connectivity index (χ1n) is 7.80. The van der Waals surface area contributed by atoms with Crippen LogP contribution in [0, 0.1) is 5.92 Å². The van der Waals surface area contributed by atoms with E-state index in [-0.39, 0.29) is 29.4 Å². The number of hydrogen-bond donors (Lipinski definition) is 1. The van der Waals surface area contributed by atoms with Gasteiger partial charge in [0.25, 0.3) is 0 Å². The van der Waals surface area contributed by atoms with Gasteiger partial charge in [0.2, 0.25) is 0 Å². The van der Waals surface area contributed by atoms with Gasteiger partial charge in [0.15, 0.2) is 5.96 Å². The van der Waals surface area contributed by atoms with Crippen LogP contribution in [-0.4, -0.2) is 36.0 Å². The smallest absolute Gasteiger partial charge is 0.193 e. The molecule has 22 heavy (non-hydrogen) atoms. The third kappa shape index (κ3) is 5.37. The molecule has 1 fully saturated rings. The zero-order valence-electron chi connectivity index (χ0n) is 14.3. The van der Waals surface area contributed by atoms with Crippen molar-refractivity contribution >= 4 is 41.3 Å². The molecule has 0 unspecified atom stereocenters. The lowest BCUT2D eigenvalue weighted by atomic mass is 9.93. The van der Waals surface area contributed by atoms with Crippen molar-refractivity contribution in [2.75, 3.05) is 20.1 Å². The van der Waals surface area contributed by atoms with Gasteiger partial charge in [-0.1, -0.05) is 27.7 Å². The average Bonchev–Trinajstić information content (AvgIpc) is 2.90. The monoisotopic (exact) mass is 436 g/mol. The molecule has 2 rings (SSSR count). The Morgan fingerprint density at radius 3 is 2.55 bits per heavy atom. The molecule has 0 saturated carbocycles. The van der Waals surface area contributed by atoms with E-state index in [1.54, 1.807) is 11.3 Å². The highest BCUT2D eigenvalue weighted by Crippen LogP contribution is 2.23. The fraction of sp³-hybridized carbons (Fsp3) is 0.750. The molecular formula is C16H29IN4S. The van der Waals surface area contributed by atoms with E-state index < -0.39 is 0 Å². The van der Waals surface area contributed by atoms with Gasteiger partial charge in [-0.25, -0.2) is 4.98 Å². The molecule has 126 valence electrons. The third-order valence-corrected chi connectivity index (χ3v) is 4.86. The van der Waals surface area contributed by atoms with Crippen LogP contribution < -0.4 is 5.32 Å². The normalized spacial score (nSPS) is 17.3. The van der Waals surface area contributed by atoms with E-state index in [2.05, 4.69) is 48.3 Å². The molecule has 1 aliphatic heterocycles. The Labute approximate surface area is 155 Å². The van der Waals surface area contributed by atoms with Gasteiger partial charge in [0.1, 0.15) is 5.01 Å². The summed E-state index contributed by atoms with van der Waals surface area (Å²) < 4.78 is 0. The summed E-state index contributed by atoms with van der Waals surface area (Å²) in [5, 5.41) is 6.76. The lowest BCUT2D eigenvalue weighted by Gasteiger charge is -2.32. The number of rotatable bonds is 2. The van der Waals surface area contributed by atoms with Crippen molar-refractivity contribution in [3.63, 3.8) is 0 Å². The molecule has 0 aliphatic carbocycles. The standard InChI is InChI=1S/C16H28N4S.HI/c1-12-6-8-20(9-7-12)15(17-5)18-10-14-19-13(11-21-14)16(2,3)4;/h11-12H,6-10H2,1-5H3,(H,17,18);1H. The van der Waals surface area contributed by atoms with Crippen LogP contribution in [0.4, 0.5) is 0 Å². The topological polar surface area (TPSA) is 40.5 Å². The van der Waals surface area contributed by atoms with Crippen LogP contribution in [0.15, 0.2) is 10.4 Å². The van der Waals surface area contributed by atoms with Crippen molar-refractivity contribution in [3.8, 4) is 0 Å². The van der Waals surface area contributed by atoms with Crippen molar-refractivity contribution in [1.29, 1.82) is 0 Å². The largest absolute Gasteiger partial charge is 0.350 e. The van der Waals surface area contributed by atoms with Crippen LogP contribution in [-0.2, 0) is 12.0 Å². The first kappa shape index (κ1) is 19.7. The Bertz CT molecular complexity index is 485. The predicted molar refractivity (Wildman–Crippen MR) is 106 cm³/mol. The number of aliphatic imine (C=N–C) groups is 1. The van der Waals surface area contributed by atoms with Crippen LogP contribution >= 0.6 is 35.3 Å². The van der Waals surface area contributed by atoms with E-state index in [0.717, 1.165) is 36.5 Å². The predicted octanol–water partition coefficient (Wildman–Crippen LogP) is 3.87. The number of likely N-dealkylation sites (tertiary alicyclic amines) is 1. The summed E-state index contributed by atoms with van der Waals surface area (Å²) in [6.07, 6.45) is 2.51. The van der Waals surface area contributed by atoms with Crippen molar-refractivity contribution in [2.24, 2.45) is 10.9 Å². The van der Waals surface area contributed by atoms with Gasteiger partial charge >= 0.3 is 0 Å². The van der Waals surface area contributed by atoms with Gasteiger partial charge in [-0.05, 0) is 18.8 Å². The van der Waals surface area contributed by atoms with Crippen molar-refractivity contribution in [1.82, 2.24) is 15.2 Å². The summed E-state index contributed by atoms with van der Waals surface area (Å²) >= 11 is 1.73. The molecule has 6 heteroatoms. The van der Waals surface area contributed by atoms with E-state index in [4.69, 9.17) is 4.98 Å². The fourth-order valence-electron chi connectivity index (χ4n) is 2.44. The molecule has 0 atom stereocenters. The molecule has 1 N–H and O–H groups in total. The highest BCUT2D eigenvalue weighted by molar-refractivity contribution is 14.0. The van der Waals surface area contributed by atoms with Crippen LogP contribution in [0.1, 0.15) is 51.2 Å². The number of piperidine rings is 1. The molecule has 1 aromatic heterocycles. The summed E-state index contributed by atoms with van der Waals surface area (Å²) in [6, 6.07) is 0. The summed E-state index contributed by atoms with van der Waals surface area (Å²) in [7, 11) is 1.86. The van der Waals surface area contributed by atoms with Crippen LogP contribution in [0.3, 0.4) is 0 Å². The van der Waals surface area contributed by atoms with Gasteiger partial charge in [-0.2, -0.15) is 0 Å². The number of guanidine groups is 1. The molecular weight excluding hydrogens is 407 g/mol. The van der Waals surface area contributed by atoms with Crippen LogP contribution in [0.5, 0.6) is 0 Å². The van der Waals surface area contributed by atoms with Crippen molar-refractivity contribution < 1.29 is 0 Å². The minimum atomic E-state index is 0. The SMILES string of the molecule is CN=C(NCc1nc(C(C)(C)C)cs1)N1CCC(C)CC1.I. The minimum absolute atomic E-state index is 0. The van der Waals surface area contributed by atoms with Gasteiger partial charge < -0.3 is 10.2 Å². The first-order valence-corrected chi connectivity index (χ1v) is 8.68. The lowest BCUT2D eigenvalue weighted by molar-refractivity contribution is 0.273. The lowest BCUT2D eigenvalue weighted by Crippen LogP contribution is -2.45. The van der Waals surface area contributed by atoms with E-state index in [9.17, 15) is 0 Å².